The van der Waals surface area contributed by atoms with E-state index in [1.165, 1.54) is 6.42 Å². The summed E-state index contributed by atoms with van der Waals surface area (Å²) in [4.78, 5) is 19.4. The minimum Gasteiger partial charge on any atom is -0.342 e. The van der Waals surface area contributed by atoms with Crippen LogP contribution in [0.25, 0.3) is 0 Å². The van der Waals surface area contributed by atoms with Gasteiger partial charge in [-0.2, -0.15) is 0 Å². The highest BCUT2D eigenvalue weighted by Crippen LogP contribution is 2.37. The number of piperidine rings is 1. The predicted molar refractivity (Wildman–Crippen MR) is 87.9 cm³/mol. The molecule has 6 heteroatoms. The number of carbonyl (C=O) groups excluding carboxylic acids is 1. The first-order chi connectivity index (χ1) is 9.77. The van der Waals surface area contributed by atoms with Crippen LogP contribution in [0.1, 0.15) is 19.3 Å². The zero-order valence-corrected chi connectivity index (χ0v) is 13.7. The van der Waals surface area contributed by atoms with E-state index < -0.39 is 0 Å². The zero-order chi connectivity index (χ0) is 13.8. The fourth-order valence-corrected chi connectivity index (χ4v) is 3.91. The molecule has 2 saturated heterocycles. The van der Waals surface area contributed by atoms with Gasteiger partial charge in [0.1, 0.15) is 0 Å². The number of nitrogens with one attached hydrogen (secondary N) is 1. The summed E-state index contributed by atoms with van der Waals surface area (Å²) >= 11 is 1.60. The molecule has 1 aromatic rings. The van der Waals surface area contributed by atoms with Crippen LogP contribution in [0.5, 0.6) is 0 Å². The Morgan fingerprint density at radius 2 is 2.00 bits per heavy atom. The van der Waals surface area contributed by atoms with E-state index in [2.05, 4.69) is 10.3 Å². The Balaban J connectivity index is 0.00000161. The van der Waals surface area contributed by atoms with Gasteiger partial charge in [0.05, 0.1) is 5.75 Å². The second-order valence-corrected chi connectivity index (χ2v) is 6.83. The van der Waals surface area contributed by atoms with Crippen LogP contribution in [0.4, 0.5) is 0 Å². The van der Waals surface area contributed by atoms with Crippen molar-refractivity contribution in [1.82, 2.24) is 15.2 Å². The molecule has 0 radical (unpaired) electrons. The van der Waals surface area contributed by atoms with E-state index in [0.717, 1.165) is 43.9 Å². The maximum absolute atomic E-state index is 12.2. The Labute approximate surface area is 136 Å². The van der Waals surface area contributed by atoms with Gasteiger partial charge in [-0.15, -0.1) is 24.2 Å². The first kappa shape index (κ1) is 16.6. The lowest BCUT2D eigenvalue weighted by Crippen LogP contribution is -2.44. The Morgan fingerprint density at radius 1 is 1.29 bits per heavy atom. The average molecular weight is 328 g/mol. The van der Waals surface area contributed by atoms with E-state index in [1.54, 1.807) is 24.2 Å². The van der Waals surface area contributed by atoms with E-state index in [9.17, 15) is 4.79 Å². The molecule has 1 spiro atoms. The van der Waals surface area contributed by atoms with Crippen molar-refractivity contribution >= 4 is 30.1 Å². The number of aromatic nitrogens is 1. The first-order valence-corrected chi connectivity index (χ1v) is 8.27. The number of hydrogen-bond donors (Lipinski definition) is 1. The number of nitrogens with zero attached hydrogens (tertiary/aromatic N) is 2. The van der Waals surface area contributed by atoms with E-state index >= 15 is 0 Å². The van der Waals surface area contributed by atoms with Gasteiger partial charge < -0.3 is 10.2 Å². The Bertz CT molecular complexity index is 455. The number of hydrogen-bond acceptors (Lipinski definition) is 4. The van der Waals surface area contributed by atoms with Gasteiger partial charge in [-0.25, -0.2) is 0 Å². The third kappa shape index (κ3) is 4.11. The average Bonchev–Trinajstić information content (AvgIpc) is 2.95. The van der Waals surface area contributed by atoms with Crippen molar-refractivity contribution in [2.24, 2.45) is 5.41 Å². The number of pyridine rings is 1. The van der Waals surface area contributed by atoms with Gasteiger partial charge in [0.25, 0.3) is 0 Å². The topological polar surface area (TPSA) is 45.2 Å². The number of rotatable bonds is 3. The van der Waals surface area contributed by atoms with Crippen molar-refractivity contribution in [3.63, 3.8) is 0 Å². The normalized spacial score (nSPS) is 20.3. The molecule has 2 fully saturated rings. The highest BCUT2D eigenvalue weighted by atomic mass is 35.5. The molecule has 3 heterocycles. The standard InChI is InChI=1S/C15H21N3OS.ClH/c19-14(11-20-13-1-6-16-7-2-13)18-9-4-15(5-10-18)3-8-17-12-15;/h1-2,6-7,17H,3-5,8-12H2;1H. The lowest BCUT2D eigenvalue weighted by Gasteiger charge is -2.38. The van der Waals surface area contributed by atoms with Crippen molar-refractivity contribution in [2.75, 3.05) is 31.9 Å². The minimum atomic E-state index is 0. The molecule has 21 heavy (non-hydrogen) atoms. The summed E-state index contributed by atoms with van der Waals surface area (Å²) in [6, 6.07) is 3.90. The molecule has 2 aliphatic rings. The van der Waals surface area contributed by atoms with Gasteiger partial charge in [0, 0.05) is 36.9 Å². The second-order valence-electron chi connectivity index (χ2n) is 5.78. The van der Waals surface area contributed by atoms with Gasteiger partial charge in [-0.1, -0.05) is 0 Å². The van der Waals surface area contributed by atoms with Gasteiger partial charge in [-0.3, -0.25) is 9.78 Å². The molecular weight excluding hydrogens is 306 g/mol. The Hall–Kier alpha value is -0.780. The molecule has 1 aromatic heterocycles. The molecule has 1 N–H and O–H groups in total. The van der Waals surface area contributed by atoms with Crippen molar-refractivity contribution in [1.29, 1.82) is 0 Å². The summed E-state index contributed by atoms with van der Waals surface area (Å²) in [7, 11) is 0. The van der Waals surface area contributed by atoms with Crippen molar-refractivity contribution in [3.8, 4) is 0 Å². The number of halogens is 1. The lowest BCUT2D eigenvalue weighted by atomic mass is 9.78. The van der Waals surface area contributed by atoms with Crippen molar-refractivity contribution in [2.45, 2.75) is 24.2 Å². The van der Waals surface area contributed by atoms with Gasteiger partial charge in [-0.05, 0) is 43.4 Å². The summed E-state index contributed by atoms with van der Waals surface area (Å²) in [5.41, 5.74) is 0.481. The summed E-state index contributed by atoms with van der Waals surface area (Å²) < 4.78 is 0. The zero-order valence-electron chi connectivity index (χ0n) is 12.1. The SMILES string of the molecule is Cl.O=C(CSc1ccncc1)N1CCC2(CCNC2)CC1. The maximum Gasteiger partial charge on any atom is 0.232 e. The lowest BCUT2D eigenvalue weighted by molar-refractivity contribution is -0.130. The fourth-order valence-electron chi connectivity index (χ4n) is 3.12. The molecule has 0 bridgehead atoms. The number of likely N-dealkylation sites (tertiary alicyclic amines) is 1. The minimum absolute atomic E-state index is 0. The third-order valence-electron chi connectivity index (χ3n) is 4.52. The highest BCUT2D eigenvalue weighted by molar-refractivity contribution is 8.00. The van der Waals surface area contributed by atoms with Gasteiger partial charge in [0.2, 0.25) is 5.91 Å². The molecule has 0 saturated carbocycles. The largest absolute Gasteiger partial charge is 0.342 e. The monoisotopic (exact) mass is 327 g/mol. The molecule has 0 aliphatic carbocycles. The summed E-state index contributed by atoms with van der Waals surface area (Å²) in [6.07, 6.45) is 7.13. The molecule has 0 atom stereocenters. The first-order valence-electron chi connectivity index (χ1n) is 7.29. The summed E-state index contributed by atoms with van der Waals surface area (Å²) in [5.74, 6) is 0.808. The summed E-state index contributed by atoms with van der Waals surface area (Å²) in [6.45, 7) is 4.14. The fraction of sp³-hybridized carbons (Fsp3) is 0.600. The third-order valence-corrected chi connectivity index (χ3v) is 5.52. The van der Waals surface area contributed by atoms with Crippen LogP contribution in [-0.2, 0) is 4.79 Å². The second kappa shape index (κ2) is 7.47. The quantitative estimate of drug-likeness (QED) is 0.864. The number of carbonyl (C=O) groups is 1. The highest BCUT2D eigenvalue weighted by Gasteiger charge is 2.37. The van der Waals surface area contributed by atoms with E-state index in [0.29, 0.717) is 11.2 Å². The van der Waals surface area contributed by atoms with Crippen LogP contribution in [0.3, 0.4) is 0 Å². The maximum atomic E-state index is 12.2. The van der Waals surface area contributed by atoms with Gasteiger partial charge in [0.15, 0.2) is 0 Å². The summed E-state index contributed by atoms with van der Waals surface area (Å²) in [5, 5.41) is 3.46. The van der Waals surface area contributed by atoms with E-state index in [-0.39, 0.29) is 18.3 Å². The van der Waals surface area contributed by atoms with Crippen LogP contribution in [-0.4, -0.2) is 47.7 Å². The van der Waals surface area contributed by atoms with Crippen molar-refractivity contribution < 1.29 is 4.79 Å². The van der Waals surface area contributed by atoms with Crippen LogP contribution in [0.2, 0.25) is 0 Å². The molecule has 2 aliphatic heterocycles. The smallest absolute Gasteiger partial charge is 0.232 e. The molecule has 1 amide bonds. The predicted octanol–water partition coefficient (Wildman–Crippen LogP) is 2.20. The molecule has 3 rings (SSSR count). The van der Waals surface area contributed by atoms with Crippen LogP contribution in [0.15, 0.2) is 29.4 Å². The van der Waals surface area contributed by atoms with Crippen LogP contribution < -0.4 is 5.32 Å². The van der Waals surface area contributed by atoms with Gasteiger partial charge >= 0.3 is 0 Å². The van der Waals surface area contributed by atoms with Crippen molar-refractivity contribution in [3.05, 3.63) is 24.5 Å². The molecule has 116 valence electrons. The van der Waals surface area contributed by atoms with E-state index in [4.69, 9.17) is 0 Å². The molecule has 4 nitrogen and oxygen atoms in total. The van der Waals surface area contributed by atoms with E-state index in [1.807, 2.05) is 17.0 Å². The molecule has 0 aromatic carbocycles. The molecule has 0 unspecified atom stereocenters. The number of amides is 1. The number of thioether (sulfide) groups is 1. The Morgan fingerprint density at radius 3 is 2.62 bits per heavy atom. The van der Waals surface area contributed by atoms with Crippen LogP contribution >= 0.6 is 24.2 Å². The van der Waals surface area contributed by atoms with Crippen LogP contribution in [0, 0.1) is 5.41 Å². The Kier molecular flexibility index (Phi) is 5.90. The molecular formula is C15H22ClN3OS.